The normalized spacial score (nSPS) is 24.6. The SMILES string of the molecule is CCCCSc1ccccc1C1CCN(C(=O)[C@H]2NCC[C@@H]2O)CC1. The van der Waals surface area contributed by atoms with Crippen LogP contribution in [0.15, 0.2) is 29.2 Å². The van der Waals surface area contributed by atoms with Crippen LogP contribution in [0.4, 0.5) is 0 Å². The van der Waals surface area contributed by atoms with Crippen molar-refractivity contribution < 1.29 is 9.90 Å². The van der Waals surface area contributed by atoms with E-state index < -0.39 is 12.1 Å². The Labute approximate surface area is 155 Å². The Kier molecular flexibility index (Phi) is 6.79. The Balaban J connectivity index is 1.58. The van der Waals surface area contributed by atoms with Gasteiger partial charge in [-0.05, 0) is 55.5 Å². The molecule has 2 aliphatic heterocycles. The Morgan fingerprint density at radius 2 is 2.04 bits per heavy atom. The maximum atomic E-state index is 12.6. The summed E-state index contributed by atoms with van der Waals surface area (Å²) in [6.07, 6.45) is 4.66. The number of nitrogens with one attached hydrogen (secondary N) is 1. The Bertz CT molecular complexity index is 573. The summed E-state index contributed by atoms with van der Waals surface area (Å²) >= 11 is 1.97. The first-order valence-corrected chi connectivity index (χ1v) is 10.6. The van der Waals surface area contributed by atoms with Crippen molar-refractivity contribution in [1.82, 2.24) is 10.2 Å². The molecule has 3 rings (SSSR count). The zero-order valence-corrected chi connectivity index (χ0v) is 15.9. The first-order valence-electron chi connectivity index (χ1n) is 9.62. The van der Waals surface area contributed by atoms with Crippen LogP contribution in [0.2, 0.25) is 0 Å². The van der Waals surface area contributed by atoms with E-state index >= 15 is 0 Å². The van der Waals surface area contributed by atoms with Crippen LogP contribution in [-0.2, 0) is 4.79 Å². The summed E-state index contributed by atoms with van der Waals surface area (Å²) in [7, 11) is 0. The first kappa shape index (κ1) is 18.7. The van der Waals surface area contributed by atoms with Crippen LogP contribution in [0, 0.1) is 0 Å². The van der Waals surface area contributed by atoms with E-state index in [0.29, 0.717) is 12.3 Å². The number of amides is 1. The van der Waals surface area contributed by atoms with E-state index in [1.54, 1.807) is 0 Å². The number of nitrogens with zero attached hydrogens (tertiary/aromatic N) is 1. The summed E-state index contributed by atoms with van der Waals surface area (Å²) in [6, 6.07) is 8.37. The van der Waals surface area contributed by atoms with Crippen molar-refractivity contribution in [1.29, 1.82) is 0 Å². The number of aliphatic hydroxyl groups is 1. The second-order valence-corrected chi connectivity index (χ2v) is 8.26. The summed E-state index contributed by atoms with van der Waals surface area (Å²) in [4.78, 5) is 15.9. The van der Waals surface area contributed by atoms with Gasteiger partial charge in [0.15, 0.2) is 0 Å². The van der Waals surface area contributed by atoms with Gasteiger partial charge in [0.1, 0.15) is 6.04 Å². The molecular formula is C20H30N2O2S. The second kappa shape index (κ2) is 9.06. The van der Waals surface area contributed by atoms with E-state index in [1.165, 1.54) is 29.1 Å². The van der Waals surface area contributed by atoms with Crippen molar-refractivity contribution >= 4 is 17.7 Å². The van der Waals surface area contributed by atoms with E-state index in [1.807, 2.05) is 16.7 Å². The fourth-order valence-electron chi connectivity index (χ4n) is 3.82. The smallest absolute Gasteiger partial charge is 0.242 e. The van der Waals surface area contributed by atoms with Crippen molar-refractivity contribution in [3.8, 4) is 0 Å². The number of hydrogen-bond acceptors (Lipinski definition) is 4. The van der Waals surface area contributed by atoms with Crippen molar-refractivity contribution in [2.75, 3.05) is 25.4 Å². The molecule has 1 aromatic carbocycles. The van der Waals surface area contributed by atoms with E-state index in [0.717, 1.165) is 32.5 Å². The number of likely N-dealkylation sites (tertiary alicyclic amines) is 1. The summed E-state index contributed by atoms with van der Waals surface area (Å²) < 4.78 is 0. The zero-order chi connectivity index (χ0) is 17.6. The molecule has 0 spiro atoms. The molecule has 25 heavy (non-hydrogen) atoms. The predicted octanol–water partition coefficient (Wildman–Crippen LogP) is 3.01. The van der Waals surface area contributed by atoms with Crippen LogP contribution < -0.4 is 5.32 Å². The number of hydrogen-bond donors (Lipinski definition) is 2. The summed E-state index contributed by atoms with van der Waals surface area (Å²) in [5.41, 5.74) is 1.45. The molecule has 0 radical (unpaired) electrons. The topological polar surface area (TPSA) is 52.6 Å². The van der Waals surface area contributed by atoms with Crippen LogP contribution in [0.5, 0.6) is 0 Å². The Hall–Kier alpha value is -1.04. The molecule has 5 heteroatoms. The van der Waals surface area contributed by atoms with Gasteiger partial charge in [-0.25, -0.2) is 0 Å². The molecule has 2 atom stereocenters. The third kappa shape index (κ3) is 4.57. The quantitative estimate of drug-likeness (QED) is 0.603. The lowest BCUT2D eigenvalue weighted by Crippen LogP contribution is -2.50. The average Bonchev–Trinajstić information content (AvgIpc) is 3.08. The third-order valence-electron chi connectivity index (χ3n) is 5.38. The molecule has 1 aromatic rings. The van der Waals surface area contributed by atoms with Crippen LogP contribution in [0.3, 0.4) is 0 Å². The van der Waals surface area contributed by atoms with Crippen molar-refractivity contribution in [2.45, 2.75) is 62.0 Å². The molecule has 2 aliphatic rings. The van der Waals surface area contributed by atoms with E-state index in [9.17, 15) is 9.90 Å². The number of carbonyl (C=O) groups is 1. The van der Waals surface area contributed by atoms with Crippen LogP contribution >= 0.6 is 11.8 Å². The van der Waals surface area contributed by atoms with E-state index in [-0.39, 0.29) is 5.91 Å². The summed E-state index contributed by atoms with van der Waals surface area (Å²) in [5.74, 6) is 1.79. The van der Waals surface area contributed by atoms with Gasteiger partial charge in [0.05, 0.1) is 6.10 Å². The molecule has 2 fully saturated rings. The molecule has 138 valence electrons. The number of piperidine rings is 1. The minimum absolute atomic E-state index is 0.0778. The minimum Gasteiger partial charge on any atom is -0.391 e. The van der Waals surface area contributed by atoms with Gasteiger partial charge in [-0.2, -0.15) is 0 Å². The first-order chi connectivity index (χ1) is 12.2. The monoisotopic (exact) mass is 362 g/mol. The van der Waals surface area contributed by atoms with Gasteiger partial charge in [-0.15, -0.1) is 11.8 Å². The van der Waals surface area contributed by atoms with Gasteiger partial charge in [-0.3, -0.25) is 4.79 Å². The average molecular weight is 363 g/mol. The molecule has 2 heterocycles. The van der Waals surface area contributed by atoms with Crippen molar-refractivity contribution in [3.05, 3.63) is 29.8 Å². The maximum Gasteiger partial charge on any atom is 0.242 e. The lowest BCUT2D eigenvalue weighted by atomic mass is 9.89. The fraction of sp³-hybridized carbons (Fsp3) is 0.650. The lowest BCUT2D eigenvalue weighted by molar-refractivity contribution is -0.136. The molecule has 2 saturated heterocycles. The minimum atomic E-state index is -0.527. The van der Waals surface area contributed by atoms with E-state index in [4.69, 9.17) is 0 Å². The second-order valence-electron chi connectivity index (χ2n) is 7.13. The summed E-state index contributed by atoms with van der Waals surface area (Å²) in [6.45, 7) is 4.55. The number of carbonyl (C=O) groups excluding carboxylic acids is 1. The highest BCUT2D eigenvalue weighted by atomic mass is 32.2. The number of rotatable bonds is 6. The van der Waals surface area contributed by atoms with Crippen LogP contribution in [-0.4, -0.2) is 53.4 Å². The standard InChI is InChI=1S/C20H30N2O2S/c1-2-3-14-25-18-7-5-4-6-16(18)15-9-12-22(13-10-15)20(24)19-17(23)8-11-21-19/h4-7,15,17,19,21,23H,2-3,8-14H2,1H3/t17-,19-/m0/s1. The number of benzene rings is 1. The van der Waals surface area contributed by atoms with Gasteiger partial charge in [-0.1, -0.05) is 31.5 Å². The lowest BCUT2D eigenvalue weighted by Gasteiger charge is -2.34. The van der Waals surface area contributed by atoms with Gasteiger partial charge in [0, 0.05) is 18.0 Å². The predicted molar refractivity (Wildman–Crippen MR) is 103 cm³/mol. The highest BCUT2D eigenvalue weighted by molar-refractivity contribution is 7.99. The van der Waals surface area contributed by atoms with Crippen LogP contribution in [0.25, 0.3) is 0 Å². The van der Waals surface area contributed by atoms with Crippen LogP contribution in [0.1, 0.15) is 50.5 Å². The number of thioether (sulfide) groups is 1. The third-order valence-corrected chi connectivity index (χ3v) is 6.55. The van der Waals surface area contributed by atoms with Crippen molar-refractivity contribution in [2.24, 2.45) is 0 Å². The zero-order valence-electron chi connectivity index (χ0n) is 15.1. The largest absolute Gasteiger partial charge is 0.391 e. The molecular weight excluding hydrogens is 332 g/mol. The number of aliphatic hydroxyl groups excluding tert-OH is 1. The van der Waals surface area contributed by atoms with Gasteiger partial charge < -0.3 is 15.3 Å². The van der Waals surface area contributed by atoms with Gasteiger partial charge in [0.2, 0.25) is 5.91 Å². The molecule has 0 unspecified atom stereocenters. The highest BCUT2D eigenvalue weighted by Crippen LogP contribution is 2.35. The van der Waals surface area contributed by atoms with Crippen molar-refractivity contribution in [3.63, 3.8) is 0 Å². The number of unbranched alkanes of at least 4 members (excludes halogenated alkanes) is 1. The molecule has 0 saturated carbocycles. The molecule has 0 aromatic heterocycles. The highest BCUT2D eigenvalue weighted by Gasteiger charge is 2.35. The fourth-order valence-corrected chi connectivity index (χ4v) is 5.05. The molecule has 1 amide bonds. The van der Waals surface area contributed by atoms with E-state index in [2.05, 4.69) is 36.5 Å². The Morgan fingerprint density at radius 1 is 1.28 bits per heavy atom. The van der Waals surface area contributed by atoms with Gasteiger partial charge >= 0.3 is 0 Å². The molecule has 0 bridgehead atoms. The molecule has 0 aliphatic carbocycles. The maximum absolute atomic E-state index is 12.6. The van der Waals surface area contributed by atoms with Gasteiger partial charge in [0.25, 0.3) is 0 Å². The summed E-state index contributed by atoms with van der Waals surface area (Å²) in [5, 5.41) is 13.1. The Morgan fingerprint density at radius 3 is 2.72 bits per heavy atom. The molecule has 2 N–H and O–H groups in total. The molecule has 4 nitrogen and oxygen atoms in total.